The number of carbonyl (C=O) groups is 1. The van der Waals surface area contributed by atoms with Crippen LogP contribution in [-0.2, 0) is 22.9 Å². The number of sulfonamides is 1. The van der Waals surface area contributed by atoms with Crippen LogP contribution >= 0.6 is 0 Å². The molecule has 1 aliphatic heterocycles. The van der Waals surface area contributed by atoms with Crippen molar-refractivity contribution in [2.75, 3.05) is 18.4 Å². The number of nitrogens with zero attached hydrogens (tertiary/aromatic N) is 3. The molecule has 0 spiro atoms. The van der Waals surface area contributed by atoms with Crippen LogP contribution < -0.4 is 5.32 Å². The lowest BCUT2D eigenvalue weighted by atomic mass is 9.90. The molecule has 1 N–H and O–H groups in total. The first kappa shape index (κ1) is 23.7. The predicted octanol–water partition coefficient (Wildman–Crippen LogP) is 4.53. The maximum atomic E-state index is 13.1. The molecule has 0 saturated carbocycles. The van der Waals surface area contributed by atoms with Crippen molar-refractivity contribution in [1.82, 2.24) is 14.5 Å². The van der Waals surface area contributed by atoms with E-state index in [1.165, 1.54) is 48.2 Å². The number of piperidine rings is 1. The summed E-state index contributed by atoms with van der Waals surface area (Å²) >= 11 is 0. The average molecular weight is 495 g/mol. The summed E-state index contributed by atoms with van der Waals surface area (Å²) < 4.78 is 33.4. The van der Waals surface area contributed by atoms with Crippen LogP contribution in [0.4, 0.5) is 6.01 Å². The molecule has 184 valence electrons. The smallest absolute Gasteiger partial charge is 0.322 e. The maximum absolute atomic E-state index is 13.1. The van der Waals surface area contributed by atoms with Gasteiger partial charge in [-0.15, -0.1) is 5.10 Å². The fraction of sp³-hybridized carbons (Fsp3) is 0.423. The summed E-state index contributed by atoms with van der Waals surface area (Å²) in [7, 11) is -3.60. The number of hydrogen-bond acceptors (Lipinski definition) is 6. The van der Waals surface area contributed by atoms with Crippen LogP contribution in [0.15, 0.2) is 51.8 Å². The van der Waals surface area contributed by atoms with E-state index in [1.54, 1.807) is 4.31 Å². The third kappa shape index (κ3) is 5.01. The predicted molar refractivity (Wildman–Crippen MR) is 132 cm³/mol. The van der Waals surface area contributed by atoms with Gasteiger partial charge >= 0.3 is 6.01 Å². The number of nitrogens with one attached hydrogen (secondary N) is 1. The first-order chi connectivity index (χ1) is 16.8. The van der Waals surface area contributed by atoms with E-state index in [1.807, 2.05) is 6.07 Å². The first-order valence-corrected chi connectivity index (χ1v) is 13.6. The number of fused-ring (bicyclic) bond motifs is 1. The Morgan fingerprint density at radius 2 is 1.66 bits per heavy atom. The SMILES string of the molecule is CC1CC(C)CN(S(=O)(=O)c2ccc(C(=O)Nc3nnc(-c4ccc5c(c4)CCCC5)o3)cc2)C1. The Labute approximate surface area is 205 Å². The number of benzene rings is 2. The molecule has 2 atom stereocenters. The lowest BCUT2D eigenvalue weighted by Gasteiger charge is -2.34. The zero-order valence-corrected chi connectivity index (χ0v) is 20.8. The van der Waals surface area contributed by atoms with Crippen LogP contribution in [0, 0.1) is 11.8 Å². The van der Waals surface area contributed by atoms with Crippen molar-refractivity contribution in [3.63, 3.8) is 0 Å². The van der Waals surface area contributed by atoms with Crippen molar-refractivity contribution in [3.05, 3.63) is 59.2 Å². The monoisotopic (exact) mass is 494 g/mol. The van der Waals surface area contributed by atoms with Crippen LogP contribution in [0.5, 0.6) is 0 Å². The summed E-state index contributed by atoms with van der Waals surface area (Å²) in [5.74, 6) is 0.535. The fourth-order valence-corrected chi connectivity index (χ4v) is 6.84. The minimum absolute atomic E-state index is 0.00397. The highest BCUT2D eigenvalue weighted by Crippen LogP contribution is 2.29. The summed E-state index contributed by atoms with van der Waals surface area (Å²) in [6, 6.07) is 12.1. The van der Waals surface area contributed by atoms with Crippen molar-refractivity contribution in [1.29, 1.82) is 0 Å². The largest absolute Gasteiger partial charge is 0.403 e. The highest BCUT2D eigenvalue weighted by Gasteiger charge is 2.31. The van der Waals surface area contributed by atoms with Crippen molar-refractivity contribution < 1.29 is 17.6 Å². The number of hydrogen-bond donors (Lipinski definition) is 1. The molecule has 1 saturated heterocycles. The molecule has 0 bridgehead atoms. The molecule has 1 fully saturated rings. The summed E-state index contributed by atoms with van der Waals surface area (Å²) in [5.41, 5.74) is 3.80. The summed E-state index contributed by atoms with van der Waals surface area (Å²) in [6.45, 7) is 5.16. The number of carbonyl (C=O) groups excluding carboxylic acids is 1. The normalized spacial score (nSPS) is 20.9. The molecule has 8 nitrogen and oxygen atoms in total. The lowest BCUT2D eigenvalue weighted by molar-refractivity contribution is 0.102. The molecule has 2 aliphatic rings. The molecular formula is C26H30N4O4S. The van der Waals surface area contributed by atoms with E-state index in [9.17, 15) is 13.2 Å². The molecule has 1 aliphatic carbocycles. The fourth-order valence-electron chi connectivity index (χ4n) is 5.16. The molecule has 0 radical (unpaired) electrons. The number of aromatic nitrogens is 2. The van der Waals surface area contributed by atoms with Crippen LogP contribution in [0.25, 0.3) is 11.5 Å². The number of aryl methyl sites for hydroxylation is 2. The van der Waals surface area contributed by atoms with Gasteiger partial charge in [-0.05, 0) is 91.5 Å². The first-order valence-electron chi connectivity index (χ1n) is 12.2. The molecule has 5 rings (SSSR count). The highest BCUT2D eigenvalue weighted by atomic mass is 32.2. The Kier molecular flexibility index (Phi) is 6.46. The third-order valence-corrected chi connectivity index (χ3v) is 8.68. The second-order valence-corrected chi connectivity index (χ2v) is 11.8. The second kappa shape index (κ2) is 9.54. The van der Waals surface area contributed by atoms with Crippen molar-refractivity contribution in [2.24, 2.45) is 11.8 Å². The van der Waals surface area contributed by atoms with Crippen molar-refractivity contribution in [2.45, 2.75) is 50.8 Å². The Morgan fingerprint density at radius 3 is 2.37 bits per heavy atom. The number of rotatable bonds is 5. The zero-order chi connectivity index (χ0) is 24.6. The second-order valence-electron chi connectivity index (χ2n) is 9.85. The Balaban J connectivity index is 1.27. The van der Waals surface area contributed by atoms with Gasteiger partial charge in [-0.1, -0.05) is 25.0 Å². The van der Waals surface area contributed by atoms with Gasteiger partial charge in [0.15, 0.2) is 0 Å². The molecule has 1 aromatic heterocycles. The molecule has 2 aromatic carbocycles. The van der Waals surface area contributed by atoms with Gasteiger partial charge in [-0.25, -0.2) is 8.42 Å². The topological polar surface area (TPSA) is 105 Å². The van der Waals surface area contributed by atoms with E-state index < -0.39 is 15.9 Å². The number of anilines is 1. The van der Waals surface area contributed by atoms with Gasteiger partial charge in [0.25, 0.3) is 5.91 Å². The van der Waals surface area contributed by atoms with E-state index >= 15 is 0 Å². The minimum atomic E-state index is -3.60. The zero-order valence-electron chi connectivity index (χ0n) is 20.0. The molecule has 3 aromatic rings. The van der Waals surface area contributed by atoms with E-state index in [0.717, 1.165) is 24.8 Å². The van der Waals surface area contributed by atoms with E-state index in [4.69, 9.17) is 4.42 Å². The molecule has 35 heavy (non-hydrogen) atoms. The summed E-state index contributed by atoms with van der Waals surface area (Å²) in [5, 5.41) is 10.6. The molecule has 1 amide bonds. The van der Waals surface area contributed by atoms with Gasteiger partial charge in [0.05, 0.1) is 4.90 Å². The van der Waals surface area contributed by atoms with Crippen LogP contribution in [0.1, 0.15) is 54.6 Å². The van der Waals surface area contributed by atoms with Crippen LogP contribution in [-0.4, -0.2) is 41.9 Å². The minimum Gasteiger partial charge on any atom is -0.403 e. The van der Waals surface area contributed by atoms with Crippen molar-refractivity contribution in [3.8, 4) is 11.5 Å². The third-order valence-electron chi connectivity index (χ3n) is 6.83. The van der Waals surface area contributed by atoms with Gasteiger partial charge in [-0.3, -0.25) is 10.1 Å². The van der Waals surface area contributed by atoms with Gasteiger partial charge in [0.2, 0.25) is 15.9 Å². The van der Waals surface area contributed by atoms with E-state index in [0.29, 0.717) is 36.4 Å². The summed E-state index contributed by atoms with van der Waals surface area (Å²) in [4.78, 5) is 12.9. The molecule has 9 heteroatoms. The molecule has 2 heterocycles. The Hall–Kier alpha value is -3.04. The van der Waals surface area contributed by atoms with Gasteiger partial charge in [0, 0.05) is 24.2 Å². The summed E-state index contributed by atoms with van der Waals surface area (Å²) in [6.07, 6.45) is 5.55. The van der Waals surface area contributed by atoms with Crippen LogP contribution in [0.2, 0.25) is 0 Å². The van der Waals surface area contributed by atoms with Gasteiger partial charge in [-0.2, -0.15) is 4.31 Å². The van der Waals surface area contributed by atoms with Gasteiger partial charge in [0.1, 0.15) is 0 Å². The maximum Gasteiger partial charge on any atom is 0.322 e. The van der Waals surface area contributed by atoms with E-state index in [-0.39, 0.29) is 10.9 Å². The quantitative estimate of drug-likeness (QED) is 0.559. The lowest BCUT2D eigenvalue weighted by Crippen LogP contribution is -2.42. The van der Waals surface area contributed by atoms with Gasteiger partial charge < -0.3 is 4.42 Å². The average Bonchev–Trinajstić information content (AvgIpc) is 3.31. The number of amides is 1. The van der Waals surface area contributed by atoms with E-state index in [2.05, 4.69) is 41.5 Å². The Morgan fingerprint density at radius 1 is 0.971 bits per heavy atom. The highest BCUT2D eigenvalue weighted by molar-refractivity contribution is 7.89. The molecule has 2 unspecified atom stereocenters. The molecular weight excluding hydrogens is 464 g/mol. The van der Waals surface area contributed by atoms with Crippen LogP contribution in [0.3, 0.4) is 0 Å². The Bertz CT molecular complexity index is 1320. The standard InChI is InChI=1S/C26H30N4O4S/c1-17-13-18(2)16-30(15-17)35(32,33)23-11-9-20(10-12-23)24(31)27-26-29-28-25(34-26)22-8-7-19-5-3-4-6-21(19)14-22/h7-12,14,17-18H,3-6,13,15-16H2,1-2H3,(H,27,29,31). The van der Waals surface area contributed by atoms with Crippen molar-refractivity contribution >= 4 is 21.9 Å².